The third kappa shape index (κ3) is 6.96. The molecule has 0 bridgehead atoms. The lowest BCUT2D eigenvalue weighted by molar-refractivity contribution is -0.250. The van der Waals surface area contributed by atoms with Crippen molar-refractivity contribution in [3.63, 3.8) is 0 Å². The van der Waals surface area contributed by atoms with E-state index >= 15 is 0 Å². The summed E-state index contributed by atoms with van der Waals surface area (Å²) in [4.78, 5) is 67.1. The minimum atomic E-state index is -6.12. The molecule has 0 radical (unpaired) electrons. The van der Waals surface area contributed by atoms with Gasteiger partial charge in [-0.3, -0.25) is 23.1 Å². The summed E-state index contributed by atoms with van der Waals surface area (Å²) >= 11 is 5.25. The van der Waals surface area contributed by atoms with E-state index < -0.39 is 66.8 Å². The van der Waals surface area contributed by atoms with E-state index in [0.29, 0.717) is 22.7 Å². The summed E-state index contributed by atoms with van der Waals surface area (Å²) in [5.41, 5.74) is 1.10. The van der Waals surface area contributed by atoms with Crippen LogP contribution in [0.25, 0.3) is 11.2 Å². The number of hydrogen-bond acceptors (Lipinski definition) is 16. The first kappa shape index (κ1) is 31.2. The van der Waals surface area contributed by atoms with Gasteiger partial charge in [0.15, 0.2) is 10.9 Å². The van der Waals surface area contributed by atoms with Gasteiger partial charge in [-0.05, 0) is 13.0 Å². The quantitative estimate of drug-likeness (QED) is 0.176. The van der Waals surface area contributed by atoms with Crippen LogP contribution in [0.1, 0.15) is 12.1 Å². The Kier molecular flexibility index (Phi) is 8.47. The summed E-state index contributed by atoms with van der Waals surface area (Å²) in [6, 6.07) is 1.62. The molecule has 5 rings (SSSR count). The van der Waals surface area contributed by atoms with Crippen molar-refractivity contribution >= 4 is 58.4 Å². The molecule has 3 aromatic heterocycles. The number of aryl methyl sites for hydroxylation is 2. The van der Waals surface area contributed by atoms with E-state index in [4.69, 9.17) is 31.3 Å². The number of phosphoric ester groups is 1. The smallest absolute Gasteiger partial charge is 0.281 e. The van der Waals surface area contributed by atoms with Crippen molar-refractivity contribution in [2.24, 2.45) is 7.05 Å². The summed E-state index contributed by atoms with van der Waals surface area (Å²) in [5, 5.41) is 2.61. The lowest BCUT2D eigenvalue weighted by atomic mass is 10.1. The minimum absolute atomic E-state index is 0.178. The average Bonchev–Trinajstić information content (AvgIpc) is 3.59. The molecule has 3 N–H and O–H groups in total. The Hall–Kier alpha value is -2.19. The number of nitrogens with zero attached hydrogens (tertiary/aromatic N) is 4. The van der Waals surface area contributed by atoms with Crippen LogP contribution in [0.3, 0.4) is 0 Å². The molecule has 0 aromatic carbocycles. The van der Waals surface area contributed by atoms with Crippen LogP contribution in [0.5, 0.6) is 0 Å². The highest BCUT2D eigenvalue weighted by atomic mass is 32.1. The Morgan fingerprint density at radius 1 is 1.19 bits per heavy atom. The molecule has 0 spiro atoms. The molecule has 5 heterocycles. The number of amides is 1. The van der Waals surface area contributed by atoms with E-state index in [1.807, 2.05) is 0 Å². The maximum absolute atomic E-state index is 12.9. The largest absolute Gasteiger partial charge is 0.756 e. The first-order valence-corrected chi connectivity index (χ1v) is 16.4. The van der Waals surface area contributed by atoms with Crippen molar-refractivity contribution in [1.82, 2.24) is 24.1 Å². The predicted molar refractivity (Wildman–Crippen MR) is 132 cm³/mol. The van der Waals surface area contributed by atoms with Gasteiger partial charge in [-0.1, -0.05) is 12.2 Å². The molecule has 230 valence electrons. The molecule has 8 unspecified atom stereocenters. The Morgan fingerprint density at radius 2 is 1.90 bits per heavy atom. The van der Waals surface area contributed by atoms with Crippen LogP contribution >= 0.6 is 35.7 Å². The van der Waals surface area contributed by atoms with E-state index in [1.165, 1.54) is 10.9 Å². The van der Waals surface area contributed by atoms with Crippen LogP contribution in [0, 0.1) is 11.6 Å². The van der Waals surface area contributed by atoms with Gasteiger partial charge >= 0.3 is 0 Å². The number of aromatic nitrogens is 5. The van der Waals surface area contributed by atoms with Crippen molar-refractivity contribution in [1.29, 1.82) is 0 Å². The molecule has 8 atom stereocenters. The number of phosphoric acid groups is 3. The van der Waals surface area contributed by atoms with Crippen molar-refractivity contribution < 1.29 is 65.4 Å². The molecule has 3 aromatic rings. The molecular weight excluding hydrogens is 649 g/mol. The van der Waals surface area contributed by atoms with Crippen LogP contribution in [-0.4, -0.2) is 66.1 Å². The van der Waals surface area contributed by atoms with Gasteiger partial charge in [0.1, 0.15) is 35.3 Å². The summed E-state index contributed by atoms with van der Waals surface area (Å²) in [7, 11) is -16.1. The number of hydrogen-bond donors (Lipinski definition) is 3. The molecule has 2 fully saturated rings. The third-order valence-corrected chi connectivity index (χ3v) is 9.78. The number of rotatable bonds is 10. The van der Waals surface area contributed by atoms with Crippen LogP contribution in [-0.2, 0) is 52.9 Å². The normalized spacial score (nSPS) is 28.2. The highest BCUT2D eigenvalue weighted by molar-refractivity contribution is 7.71. The zero-order valence-corrected chi connectivity index (χ0v) is 24.7. The molecule has 20 nitrogen and oxygen atoms in total. The summed E-state index contributed by atoms with van der Waals surface area (Å²) < 4.78 is 66.7. The molecule has 2 aliphatic heterocycles. The standard InChI is InChI=1S/C18H23N6O14P3S/c1-8-20-14-11(16(42)21-8)19-7-24(14)17-13-12(35-18(36-13)15(25)22-9-3-4-23(2)5-9)10(34-17)6-33-40(29,30)38-41(31,32)37-39(26,27)28/h3-5,7,10,12-13,17-18H,6H2,1-2H3,(H,22,25)(H,29,30)(H,31,32)(H,20,21,42)(H2,26,27,28)/p-3. The van der Waals surface area contributed by atoms with Gasteiger partial charge in [-0.2, -0.15) is 0 Å². The molecule has 42 heavy (non-hydrogen) atoms. The third-order valence-electron chi connectivity index (χ3n) is 5.80. The number of carbonyl (C=O) groups excluding carboxylic acids is 1. The fourth-order valence-corrected chi connectivity index (χ4v) is 7.47. The van der Waals surface area contributed by atoms with E-state index in [9.17, 15) is 33.2 Å². The molecule has 1 amide bonds. The highest BCUT2D eigenvalue weighted by Crippen LogP contribution is 2.61. The van der Waals surface area contributed by atoms with Crippen molar-refractivity contribution in [3.05, 3.63) is 35.3 Å². The second kappa shape index (κ2) is 11.4. The minimum Gasteiger partial charge on any atom is -0.756 e. The number of aromatic amines is 1. The van der Waals surface area contributed by atoms with E-state index in [1.54, 1.807) is 37.0 Å². The number of ether oxygens (including phenoxy) is 3. The van der Waals surface area contributed by atoms with E-state index in [-0.39, 0.29) is 4.64 Å². The van der Waals surface area contributed by atoms with Crippen molar-refractivity contribution in [2.75, 3.05) is 11.9 Å². The fraction of sp³-hybridized carbons (Fsp3) is 0.444. The van der Waals surface area contributed by atoms with Gasteiger partial charge in [0.05, 0.1) is 18.6 Å². The Balaban J connectivity index is 1.38. The summed E-state index contributed by atoms with van der Waals surface area (Å²) in [6.07, 6.45) is -1.53. The zero-order chi connectivity index (χ0) is 30.6. The number of nitrogens with one attached hydrogen (secondary N) is 2. The Morgan fingerprint density at radius 3 is 2.57 bits per heavy atom. The second-order valence-electron chi connectivity index (χ2n) is 8.95. The number of imidazole rings is 1. The van der Waals surface area contributed by atoms with E-state index in [2.05, 4.69) is 33.4 Å². The molecule has 2 aliphatic rings. The first-order chi connectivity index (χ1) is 19.5. The highest BCUT2D eigenvalue weighted by Gasteiger charge is 2.55. The number of fused-ring (bicyclic) bond motifs is 2. The topological polar surface area (TPSA) is 277 Å². The van der Waals surface area contributed by atoms with Gasteiger partial charge in [-0.15, -0.1) is 0 Å². The van der Waals surface area contributed by atoms with Gasteiger partial charge in [0, 0.05) is 19.4 Å². The number of anilines is 1. The van der Waals surface area contributed by atoms with Gasteiger partial charge in [-0.25, -0.2) is 18.6 Å². The predicted octanol–water partition coefficient (Wildman–Crippen LogP) is -0.771. The SMILES string of the molecule is Cc1nc(=S)c2ncn(C3OC(COP(=O)([O-])OP(=O)([O-])OP(=O)([O-])O)C4OC(C(=O)Nc5ccn(C)c5)OC43)c2[nH]1. The lowest BCUT2D eigenvalue weighted by Crippen LogP contribution is -2.34. The van der Waals surface area contributed by atoms with Crippen molar-refractivity contribution in [3.8, 4) is 0 Å². The van der Waals surface area contributed by atoms with Crippen LogP contribution in [0.15, 0.2) is 24.8 Å². The van der Waals surface area contributed by atoms with Crippen LogP contribution < -0.4 is 20.0 Å². The second-order valence-corrected chi connectivity index (χ2v) is 13.6. The monoisotopic (exact) mass is 669 g/mol. The molecular formula is C18H20N6O14P3S-3. The van der Waals surface area contributed by atoms with Gasteiger partial charge < -0.3 is 53.2 Å². The summed E-state index contributed by atoms with van der Waals surface area (Å²) in [5.74, 6) is -0.260. The lowest BCUT2D eigenvalue weighted by Gasteiger charge is -2.33. The first-order valence-electron chi connectivity index (χ1n) is 11.6. The molecule has 24 heteroatoms. The van der Waals surface area contributed by atoms with Gasteiger partial charge in [0.2, 0.25) is 6.29 Å². The van der Waals surface area contributed by atoms with Crippen LogP contribution in [0.2, 0.25) is 0 Å². The molecule has 2 saturated heterocycles. The maximum atomic E-state index is 12.9. The maximum Gasteiger partial charge on any atom is 0.281 e. The number of H-pyrrole nitrogens is 1. The zero-order valence-electron chi connectivity index (χ0n) is 21.2. The molecule has 0 aliphatic carbocycles. The van der Waals surface area contributed by atoms with Crippen LogP contribution in [0.4, 0.5) is 5.69 Å². The van der Waals surface area contributed by atoms with Gasteiger partial charge in [0.25, 0.3) is 29.4 Å². The van der Waals surface area contributed by atoms with E-state index in [0.717, 1.165) is 0 Å². The Bertz CT molecular complexity index is 1720. The Labute approximate surface area is 240 Å². The van der Waals surface area contributed by atoms with Crippen molar-refractivity contribution in [2.45, 2.75) is 37.8 Å². The fourth-order valence-electron chi connectivity index (χ4n) is 4.29. The summed E-state index contributed by atoms with van der Waals surface area (Å²) in [6.45, 7) is 0.694. The number of carbonyl (C=O) groups is 1. The molecule has 0 saturated carbocycles. The average molecular weight is 669 g/mol.